The summed E-state index contributed by atoms with van der Waals surface area (Å²) >= 11 is 0. The van der Waals surface area contributed by atoms with Gasteiger partial charge in [-0.25, -0.2) is 0 Å². The number of nitrogens with two attached hydrogens (primary N) is 1. The molecule has 0 heterocycles. The number of hydrogen-bond acceptors (Lipinski definition) is 3. The largest absolute Gasteiger partial charge is 0.326 e. The van der Waals surface area contributed by atoms with Gasteiger partial charge >= 0.3 is 0 Å². The van der Waals surface area contributed by atoms with Crippen LogP contribution in [0.15, 0.2) is 0 Å². The Morgan fingerprint density at radius 2 is 1.76 bits per heavy atom. The van der Waals surface area contributed by atoms with E-state index in [0.29, 0.717) is 17.5 Å². The summed E-state index contributed by atoms with van der Waals surface area (Å²) in [5.41, 5.74) is 6.94. The first kappa shape index (κ1) is 18.9. The van der Waals surface area contributed by atoms with Gasteiger partial charge < -0.3 is 10.6 Å². The van der Waals surface area contributed by atoms with Crippen LogP contribution < -0.4 is 5.73 Å². The normalized spacial score (nSPS) is 27.6. The summed E-state index contributed by atoms with van der Waals surface area (Å²) in [5.74, 6) is 0.829. The molecule has 3 atom stereocenters. The molecular weight excluding hydrogens is 258 g/mol. The van der Waals surface area contributed by atoms with Crippen LogP contribution in [-0.2, 0) is 0 Å². The molecule has 1 rings (SSSR count). The molecule has 21 heavy (non-hydrogen) atoms. The van der Waals surface area contributed by atoms with Crippen LogP contribution in [0.1, 0.15) is 59.8 Å². The van der Waals surface area contributed by atoms with Crippen LogP contribution in [0, 0.1) is 11.3 Å². The van der Waals surface area contributed by atoms with Crippen LogP contribution in [0.2, 0.25) is 0 Å². The van der Waals surface area contributed by atoms with E-state index < -0.39 is 0 Å². The summed E-state index contributed by atoms with van der Waals surface area (Å²) in [6, 6.07) is 0.954. The maximum atomic E-state index is 6.48. The van der Waals surface area contributed by atoms with Crippen molar-refractivity contribution < 1.29 is 0 Å². The minimum Gasteiger partial charge on any atom is -0.326 e. The summed E-state index contributed by atoms with van der Waals surface area (Å²) in [6.45, 7) is 13.0. The lowest BCUT2D eigenvalue weighted by Crippen LogP contribution is -2.53. The summed E-state index contributed by atoms with van der Waals surface area (Å²) in [7, 11) is 4.31. The van der Waals surface area contributed by atoms with Crippen LogP contribution in [0.25, 0.3) is 0 Å². The minimum atomic E-state index is 0.369. The lowest BCUT2D eigenvalue weighted by molar-refractivity contribution is 0.0610. The molecule has 0 saturated heterocycles. The van der Waals surface area contributed by atoms with Crippen LogP contribution in [-0.4, -0.2) is 55.6 Å². The molecule has 0 aromatic rings. The van der Waals surface area contributed by atoms with Crippen molar-refractivity contribution in [1.82, 2.24) is 9.80 Å². The third-order valence-electron chi connectivity index (χ3n) is 5.81. The number of likely N-dealkylation sites (N-methyl/N-ethyl adjacent to an activating group) is 1. The molecular formula is C18H39N3. The zero-order valence-electron chi connectivity index (χ0n) is 15.4. The van der Waals surface area contributed by atoms with Gasteiger partial charge in [0.1, 0.15) is 0 Å². The first-order valence-electron chi connectivity index (χ1n) is 8.96. The van der Waals surface area contributed by atoms with Crippen molar-refractivity contribution in [2.24, 2.45) is 17.1 Å². The second-order valence-electron chi connectivity index (χ2n) is 7.87. The summed E-state index contributed by atoms with van der Waals surface area (Å²) in [5, 5.41) is 0. The maximum absolute atomic E-state index is 6.48. The van der Waals surface area contributed by atoms with Gasteiger partial charge in [0.2, 0.25) is 0 Å². The average Bonchev–Trinajstić information content (AvgIpc) is 2.44. The van der Waals surface area contributed by atoms with E-state index in [1.54, 1.807) is 0 Å². The molecule has 1 fully saturated rings. The molecule has 0 bridgehead atoms. The number of nitrogens with zero attached hydrogens (tertiary/aromatic N) is 2. The van der Waals surface area contributed by atoms with Crippen LogP contribution in [0.3, 0.4) is 0 Å². The predicted octanol–water partition coefficient (Wildman–Crippen LogP) is 3.19. The Bertz CT molecular complexity index is 288. The molecule has 0 amide bonds. The lowest BCUT2D eigenvalue weighted by atomic mass is 9.67. The van der Waals surface area contributed by atoms with Gasteiger partial charge in [-0.1, -0.05) is 34.1 Å². The van der Waals surface area contributed by atoms with E-state index in [9.17, 15) is 0 Å². The van der Waals surface area contributed by atoms with E-state index in [1.165, 1.54) is 45.2 Å². The van der Waals surface area contributed by atoms with Crippen molar-refractivity contribution in [2.75, 3.05) is 33.7 Å². The smallest absolute Gasteiger partial charge is 0.0249 e. The van der Waals surface area contributed by atoms with E-state index in [0.717, 1.165) is 12.5 Å². The fraction of sp³-hybridized carbons (Fsp3) is 1.00. The van der Waals surface area contributed by atoms with Gasteiger partial charge in [0.15, 0.2) is 0 Å². The third kappa shape index (κ3) is 5.54. The molecule has 1 saturated carbocycles. The maximum Gasteiger partial charge on any atom is 0.0249 e. The number of hydrogen-bond donors (Lipinski definition) is 1. The van der Waals surface area contributed by atoms with Gasteiger partial charge in [-0.15, -0.1) is 0 Å². The van der Waals surface area contributed by atoms with Crippen LogP contribution in [0.5, 0.6) is 0 Å². The lowest BCUT2D eigenvalue weighted by Gasteiger charge is -2.46. The fourth-order valence-electron chi connectivity index (χ4n) is 3.74. The molecule has 0 aromatic heterocycles. The molecule has 1 aliphatic carbocycles. The highest BCUT2D eigenvalue weighted by atomic mass is 15.2. The topological polar surface area (TPSA) is 32.5 Å². The fourth-order valence-corrected chi connectivity index (χ4v) is 3.74. The van der Waals surface area contributed by atoms with E-state index >= 15 is 0 Å². The number of rotatable bonds is 8. The van der Waals surface area contributed by atoms with Crippen molar-refractivity contribution in [1.29, 1.82) is 0 Å². The molecule has 1 aliphatic rings. The molecule has 126 valence electrons. The van der Waals surface area contributed by atoms with Crippen LogP contribution in [0.4, 0.5) is 0 Å². The van der Waals surface area contributed by atoms with Gasteiger partial charge in [-0.2, -0.15) is 0 Å². The SMILES string of the molecule is CCN(CCCN(C)C)C1CC(C(C)(C)CC)CCC1N. The zero-order chi connectivity index (χ0) is 16.0. The second-order valence-corrected chi connectivity index (χ2v) is 7.87. The van der Waals surface area contributed by atoms with E-state index in [1.807, 2.05) is 0 Å². The third-order valence-corrected chi connectivity index (χ3v) is 5.81. The Kier molecular flexibility index (Phi) is 7.66. The minimum absolute atomic E-state index is 0.369. The van der Waals surface area contributed by atoms with Crippen molar-refractivity contribution in [3.8, 4) is 0 Å². The van der Waals surface area contributed by atoms with Gasteiger partial charge in [0.25, 0.3) is 0 Å². The Morgan fingerprint density at radius 1 is 1.10 bits per heavy atom. The Balaban J connectivity index is 2.63. The summed E-state index contributed by atoms with van der Waals surface area (Å²) in [4.78, 5) is 4.92. The van der Waals surface area contributed by atoms with Crippen molar-refractivity contribution >= 4 is 0 Å². The summed E-state index contributed by atoms with van der Waals surface area (Å²) < 4.78 is 0. The molecule has 3 heteroatoms. The van der Waals surface area contributed by atoms with Crippen molar-refractivity contribution in [2.45, 2.75) is 71.9 Å². The second kappa shape index (κ2) is 8.50. The zero-order valence-corrected chi connectivity index (χ0v) is 15.4. The first-order valence-corrected chi connectivity index (χ1v) is 8.96. The van der Waals surface area contributed by atoms with Crippen molar-refractivity contribution in [3.63, 3.8) is 0 Å². The van der Waals surface area contributed by atoms with Crippen LogP contribution >= 0.6 is 0 Å². The average molecular weight is 298 g/mol. The molecule has 0 spiro atoms. The first-order chi connectivity index (χ1) is 9.81. The molecule has 3 unspecified atom stereocenters. The highest BCUT2D eigenvalue weighted by molar-refractivity contribution is 4.93. The standard InChI is InChI=1S/C18H39N3/c1-7-18(3,4)15-10-11-16(19)17(14-15)21(8-2)13-9-12-20(5)6/h15-17H,7-14,19H2,1-6H3. The Hall–Kier alpha value is -0.120. The van der Waals surface area contributed by atoms with Crippen molar-refractivity contribution in [3.05, 3.63) is 0 Å². The molecule has 0 aromatic carbocycles. The quantitative estimate of drug-likeness (QED) is 0.747. The van der Waals surface area contributed by atoms with Gasteiger partial charge in [-0.05, 0) is 70.7 Å². The highest BCUT2D eigenvalue weighted by Crippen LogP contribution is 2.41. The van der Waals surface area contributed by atoms with E-state index in [2.05, 4.69) is 51.6 Å². The predicted molar refractivity (Wildman–Crippen MR) is 93.6 cm³/mol. The van der Waals surface area contributed by atoms with E-state index in [-0.39, 0.29) is 0 Å². The monoisotopic (exact) mass is 297 g/mol. The Morgan fingerprint density at radius 3 is 2.29 bits per heavy atom. The van der Waals surface area contributed by atoms with E-state index in [4.69, 9.17) is 5.73 Å². The summed E-state index contributed by atoms with van der Waals surface area (Å²) in [6.07, 6.45) is 6.31. The molecule has 0 radical (unpaired) electrons. The van der Waals surface area contributed by atoms with Gasteiger partial charge in [-0.3, -0.25) is 4.90 Å². The van der Waals surface area contributed by atoms with Gasteiger partial charge in [0, 0.05) is 12.1 Å². The Labute approximate surface area is 133 Å². The molecule has 0 aliphatic heterocycles. The van der Waals surface area contributed by atoms with Gasteiger partial charge in [0.05, 0.1) is 0 Å². The molecule has 3 nitrogen and oxygen atoms in total. The highest BCUT2D eigenvalue weighted by Gasteiger charge is 2.37. The molecule has 2 N–H and O–H groups in total.